The second-order valence-corrected chi connectivity index (χ2v) is 1.87. The summed E-state index contributed by atoms with van der Waals surface area (Å²) in [4.78, 5) is 0. The Bertz CT molecular complexity index is 145. The molecule has 0 aliphatic carbocycles. The van der Waals surface area contributed by atoms with E-state index in [1.165, 1.54) is 17.3 Å². The van der Waals surface area contributed by atoms with Gasteiger partial charge < -0.3 is 15.1 Å². The summed E-state index contributed by atoms with van der Waals surface area (Å²) >= 11 is 0. The Morgan fingerprint density at radius 2 is 2.20 bits per heavy atom. The molecule has 0 aromatic rings. The number of allylic oxidation sites excluding steroid dienone is 2. The Morgan fingerprint density at radius 3 is 2.30 bits per heavy atom. The van der Waals surface area contributed by atoms with Gasteiger partial charge in [0, 0.05) is 13.2 Å². The summed E-state index contributed by atoms with van der Waals surface area (Å²) in [5.74, 6) is 5.19. The van der Waals surface area contributed by atoms with Crippen LogP contribution in [0.5, 0.6) is 0 Å². The summed E-state index contributed by atoms with van der Waals surface area (Å²) in [6.45, 7) is 3.36. The van der Waals surface area contributed by atoms with E-state index in [0.29, 0.717) is 0 Å². The van der Waals surface area contributed by atoms with Gasteiger partial charge in [-0.25, -0.2) is 5.84 Å². The fourth-order valence-electron chi connectivity index (χ4n) is 0.460. The van der Waals surface area contributed by atoms with Gasteiger partial charge in [0.2, 0.25) is 0 Å². The van der Waals surface area contributed by atoms with Crippen LogP contribution in [0.4, 0.5) is 0 Å². The average Bonchev–Trinajstić information content (AvgIpc) is 1.81. The number of rotatable bonds is 3. The van der Waals surface area contributed by atoms with Crippen molar-refractivity contribution < 1.29 is 10.0 Å². The zero-order valence-corrected chi connectivity index (χ0v) is 5.86. The lowest BCUT2D eigenvalue weighted by Crippen LogP contribution is -2.23. The lowest BCUT2D eigenvalue weighted by Gasteiger charge is -2.06. The van der Waals surface area contributed by atoms with Crippen LogP contribution in [0.25, 0.3) is 0 Å². The molecular weight excluding hydrogens is 131 g/mol. The van der Waals surface area contributed by atoms with Gasteiger partial charge in [-0.1, -0.05) is 12.7 Å². The number of nitrogens with zero attached hydrogens (tertiary/aromatic N) is 1. The minimum Gasteiger partial charge on any atom is -0.423 e. The second-order valence-electron chi connectivity index (χ2n) is 1.87. The molecule has 4 N–H and O–H groups in total. The standard InChI is InChI=1S/C5H11BN2O2/c1-3-5(6(9)10)4-8(2)7/h3-4,9-10H,1,7H2,2H3/b5-4+. The van der Waals surface area contributed by atoms with Gasteiger partial charge in [-0.15, -0.1) is 0 Å². The molecular formula is C5H11BN2O2. The summed E-state index contributed by atoms with van der Waals surface area (Å²) in [7, 11) is 0.0646. The van der Waals surface area contributed by atoms with Crippen molar-refractivity contribution in [2.75, 3.05) is 7.05 Å². The van der Waals surface area contributed by atoms with E-state index in [-0.39, 0.29) is 5.47 Å². The van der Waals surface area contributed by atoms with E-state index in [1.54, 1.807) is 7.05 Å². The first kappa shape index (κ1) is 9.22. The molecule has 0 rings (SSSR count). The molecule has 0 bridgehead atoms. The van der Waals surface area contributed by atoms with E-state index >= 15 is 0 Å². The summed E-state index contributed by atoms with van der Waals surface area (Å²) in [5, 5.41) is 18.4. The minimum absolute atomic E-state index is 0.269. The van der Waals surface area contributed by atoms with Crippen LogP contribution in [-0.4, -0.2) is 29.2 Å². The molecule has 0 aliphatic rings. The van der Waals surface area contributed by atoms with Crippen LogP contribution in [0.15, 0.2) is 24.3 Å². The van der Waals surface area contributed by atoms with Gasteiger partial charge in [0.05, 0.1) is 0 Å². The van der Waals surface area contributed by atoms with E-state index in [4.69, 9.17) is 15.9 Å². The van der Waals surface area contributed by atoms with Crippen LogP contribution in [0.3, 0.4) is 0 Å². The Morgan fingerprint density at radius 1 is 1.70 bits per heavy atom. The van der Waals surface area contributed by atoms with E-state index in [0.717, 1.165) is 0 Å². The maximum atomic E-state index is 8.59. The molecule has 0 spiro atoms. The molecule has 0 unspecified atom stereocenters. The molecule has 0 radical (unpaired) electrons. The summed E-state index contributed by atoms with van der Waals surface area (Å²) in [6, 6.07) is 0. The monoisotopic (exact) mass is 142 g/mol. The molecule has 0 saturated carbocycles. The van der Waals surface area contributed by atoms with Gasteiger partial charge in [-0.05, 0) is 5.47 Å². The maximum Gasteiger partial charge on any atom is 0.489 e. The molecule has 0 amide bonds. The smallest absolute Gasteiger partial charge is 0.423 e. The first-order valence-corrected chi connectivity index (χ1v) is 2.75. The van der Waals surface area contributed by atoms with Crippen LogP contribution < -0.4 is 5.84 Å². The maximum absolute atomic E-state index is 8.59. The van der Waals surface area contributed by atoms with E-state index in [2.05, 4.69) is 6.58 Å². The number of nitrogens with two attached hydrogens (primary N) is 1. The van der Waals surface area contributed by atoms with Gasteiger partial charge in [-0.3, -0.25) is 0 Å². The molecule has 0 aliphatic heterocycles. The van der Waals surface area contributed by atoms with E-state index < -0.39 is 7.12 Å². The van der Waals surface area contributed by atoms with Gasteiger partial charge in [-0.2, -0.15) is 0 Å². The quantitative estimate of drug-likeness (QED) is 0.202. The van der Waals surface area contributed by atoms with E-state index in [9.17, 15) is 0 Å². The third kappa shape index (κ3) is 3.29. The van der Waals surface area contributed by atoms with Crippen molar-refractivity contribution in [2.24, 2.45) is 5.84 Å². The van der Waals surface area contributed by atoms with Crippen molar-refractivity contribution in [1.29, 1.82) is 0 Å². The lowest BCUT2D eigenvalue weighted by atomic mass is 9.80. The fraction of sp³-hybridized carbons (Fsp3) is 0.200. The molecule has 0 aromatic carbocycles. The van der Waals surface area contributed by atoms with Gasteiger partial charge in [0.25, 0.3) is 0 Å². The van der Waals surface area contributed by atoms with Crippen molar-refractivity contribution in [3.05, 3.63) is 24.3 Å². The number of hydrogen-bond donors (Lipinski definition) is 3. The highest BCUT2D eigenvalue weighted by Gasteiger charge is 2.10. The van der Waals surface area contributed by atoms with Crippen molar-refractivity contribution in [3.8, 4) is 0 Å². The molecule has 0 aromatic heterocycles. The Labute approximate surface area is 60.4 Å². The largest absolute Gasteiger partial charge is 0.489 e. The van der Waals surface area contributed by atoms with Gasteiger partial charge in [0.15, 0.2) is 0 Å². The van der Waals surface area contributed by atoms with E-state index in [1.807, 2.05) is 0 Å². The molecule has 0 atom stereocenters. The SMILES string of the molecule is C=C/C(=C\N(C)N)B(O)O. The Hall–Kier alpha value is -0.775. The first-order chi connectivity index (χ1) is 4.57. The molecule has 0 fully saturated rings. The third-order valence-corrected chi connectivity index (χ3v) is 0.887. The number of hydrogen-bond acceptors (Lipinski definition) is 4. The first-order valence-electron chi connectivity index (χ1n) is 2.75. The molecule has 56 valence electrons. The normalized spacial score (nSPS) is 11.0. The summed E-state index contributed by atoms with van der Waals surface area (Å²) < 4.78 is 0. The highest BCUT2D eigenvalue weighted by molar-refractivity contribution is 6.51. The van der Waals surface area contributed by atoms with Crippen molar-refractivity contribution in [3.63, 3.8) is 0 Å². The molecule has 5 heteroatoms. The van der Waals surface area contributed by atoms with Crippen molar-refractivity contribution in [2.45, 2.75) is 0 Å². The van der Waals surface area contributed by atoms with Gasteiger partial charge in [0.1, 0.15) is 0 Å². The minimum atomic E-state index is -1.51. The molecule has 4 nitrogen and oxygen atoms in total. The van der Waals surface area contributed by atoms with Gasteiger partial charge >= 0.3 is 7.12 Å². The summed E-state index contributed by atoms with van der Waals surface area (Å²) in [6.07, 6.45) is 2.70. The predicted octanol–water partition coefficient (Wildman–Crippen LogP) is -1.13. The Balaban J connectivity index is 4.18. The van der Waals surface area contributed by atoms with Crippen molar-refractivity contribution in [1.82, 2.24) is 5.01 Å². The topological polar surface area (TPSA) is 69.7 Å². The zero-order valence-electron chi connectivity index (χ0n) is 5.86. The van der Waals surface area contributed by atoms with Crippen LogP contribution in [0.2, 0.25) is 0 Å². The van der Waals surface area contributed by atoms with Crippen LogP contribution in [0.1, 0.15) is 0 Å². The van der Waals surface area contributed by atoms with Crippen LogP contribution >= 0.6 is 0 Å². The second kappa shape index (κ2) is 4.11. The van der Waals surface area contributed by atoms with Crippen LogP contribution in [0, 0.1) is 0 Å². The fourth-order valence-corrected chi connectivity index (χ4v) is 0.460. The molecule has 10 heavy (non-hydrogen) atoms. The van der Waals surface area contributed by atoms with Crippen LogP contribution in [-0.2, 0) is 0 Å². The highest BCUT2D eigenvalue weighted by Crippen LogP contribution is 1.96. The Kier molecular flexibility index (Phi) is 3.79. The van der Waals surface area contributed by atoms with Crippen molar-refractivity contribution >= 4 is 7.12 Å². The number of hydrazine groups is 1. The molecule has 0 saturated heterocycles. The highest BCUT2D eigenvalue weighted by atomic mass is 16.4. The zero-order chi connectivity index (χ0) is 8.15. The lowest BCUT2D eigenvalue weighted by molar-refractivity contribution is 0.415. The average molecular weight is 142 g/mol. The third-order valence-electron chi connectivity index (χ3n) is 0.887. The predicted molar refractivity (Wildman–Crippen MR) is 40.4 cm³/mol. The molecule has 0 heterocycles. The summed E-state index contributed by atoms with van der Waals surface area (Å²) in [5.41, 5.74) is 0.269.